The van der Waals surface area contributed by atoms with Gasteiger partial charge in [-0.25, -0.2) is 4.68 Å². The first-order valence-corrected chi connectivity index (χ1v) is 7.56. The van der Waals surface area contributed by atoms with Crippen LogP contribution in [0, 0.1) is 11.3 Å². The molecule has 1 fully saturated rings. The topological polar surface area (TPSA) is 84.0 Å². The summed E-state index contributed by atoms with van der Waals surface area (Å²) in [5.41, 5.74) is 2.09. The number of nitrogens with zero attached hydrogens (tertiary/aromatic N) is 5. The zero-order valence-corrected chi connectivity index (χ0v) is 12.4. The largest absolute Gasteiger partial charge is 0.370 e. The van der Waals surface area contributed by atoms with E-state index in [1.165, 1.54) is 0 Å². The Balaban J connectivity index is 1.55. The molecule has 1 aromatic heterocycles. The molecule has 4 rings (SSSR count). The van der Waals surface area contributed by atoms with Crippen LogP contribution in [-0.4, -0.2) is 45.0 Å². The third-order valence-electron chi connectivity index (χ3n) is 4.48. The Morgan fingerprint density at radius 2 is 2.17 bits per heavy atom. The lowest BCUT2D eigenvalue weighted by Crippen LogP contribution is -2.49. The molecule has 3 heterocycles. The summed E-state index contributed by atoms with van der Waals surface area (Å²) in [5, 5.41) is 16.9. The average Bonchev–Trinajstić information content (AvgIpc) is 3.10. The summed E-state index contributed by atoms with van der Waals surface area (Å²) < 4.78 is 7.74. The molecule has 2 aromatic rings. The van der Waals surface area contributed by atoms with Gasteiger partial charge in [-0.1, -0.05) is 5.21 Å². The van der Waals surface area contributed by atoms with Crippen LogP contribution in [0.2, 0.25) is 0 Å². The van der Waals surface area contributed by atoms with Crippen LogP contribution in [0.15, 0.2) is 30.5 Å². The first-order valence-electron chi connectivity index (χ1n) is 7.56. The first-order chi connectivity index (χ1) is 11.3. The van der Waals surface area contributed by atoms with Crippen LogP contribution in [0.3, 0.4) is 0 Å². The van der Waals surface area contributed by atoms with Gasteiger partial charge in [0.05, 0.1) is 42.3 Å². The van der Waals surface area contributed by atoms with E-state index in [9.17, 15) is 4.79 Å². The van der Waals surface area contributed by atoms with Gasteiger partial charge in [-0.2, -0.15) is 5.26 Å². The number of benzene rings is 1. The van der Waals surface area contributed by atoms with E-state index in [1.54, 1.807) is 30.5 Å². The molecule has 0 saturated carbocycles. The van der Waals surface area contributed by atoms with Crippen molar-refractivity contribution in [2.24, 2.45) is 0 Å². The highest BCUT2D eigenvalue weighted by Gasteiger charge is 2.37. The van der Waals surface area contributed by atoms with Gasteiger partial charge < -0.3 is 9.64 Å². The van der Waals surface area contributed by atoms with Crippen molar-refractivity contribution in [1.29, 1.82) is 5.26 Å². The maximum atomic E-state index is 12.7. The van der Waals surface area contributed by atoms with Crippen LogP contribution in [-0.2, 0) is 11.3 Å². The third-order valence-corrected chi connectivity index (χ3v) is 4.48. The number of hydrogen-bond donors (Lipinski definition) is 0. The Bertz CT molecular complexity index is 777. The molecule has 1 aromatic carbocycles. The molecule has 1 saturated heterocycles. The molecule has 7 heteroatoms. The van der Waals surface area contributed by atoms with Crippen molar-refractivity contribution in [2.75, 3.05) is 13.1 Å². The number of carbonyl (C=O) groups excluding carboxylic acids is 1. The first kappa shape index (κ1) is 13.9. The van der Waals surface area contributed by atoms with Gasteiger partial charge in [0, 0.05) is 18.7 Å². The number of carbonyl (C=O) groups is 1. The highest BCUT2D eigenvalue weighted by molar-refractivity contribution is 5.94. The summed E-state index contributed by atoms with van der Waals surface area (Å²) in [6.45, 7) is 1.74. The number of likely N-dealkylation sites (tertiary alicyclic amines) is 1. The van der Waals surface area contributed by atoms with E-state index in [-0.39, 0.29) is 18.1 Å². The molecule has 0 aliphatic carbocycles. The molecule has 2 aliphatic heterocycles. The second-order valence-corrected chi connectivity index (χ2v) is 5.82. The molecule has 7 nitrogen and oxygen atoms in total. The van der Waals surface area contributed by atoms with Crippen molar-refractivity contribution < 1.29 is 9.53 Å². The fourth-order valence-electron chi connectivity index (χ4n) is 3.23. The predicted molar refractivity (Wildman–Crippen MR) is 79.3 cm³/mol. The number of hydrogen-bond acceptors (Lipinski definition) is 5. The van der Waals surface area contributed by atoms with Crippen molar-refractivity contribution in [3.63, 3.8) is 0 Å². The van der Waals surface area contributed by atoms with E-state index in [0.29, 0.717) is 30.8 Å². The molecule has 2 atom stereocenters. The summed E-state index contributed by atoms with van der Waals surface area (Å²) in [5.74, 6) is -0.0276. The van der Waals surface area contributed by atoms with Gasteiger partial charge >= 0.3 is 0 Å². The Kier molecular flexibility index (Phi) is 3.32. The number of nitriles is 1. The van der Waals surface area contributed by atoms with Crippen molar-refractivity contribution in [3.05, 3.63) is 47.3 Å². The zero-order valence-electron chi connectivity index (χ0n) is 12.4. The molecular formula is C16H15N5O2. The van der Waals surface area contributed by atoms with Gasteiger partial charge in [0.2, 0.25) is 0 Å². The SMILES string of the molecule is N#Cc1ccc(C(=O)N2CC[C@@H]3OCc4cnnn4[C@H]3C2)cc1. The normalized spacial score (nSPS) is 22.8. The second-order valence-electron chi connectivity index (χ2n) is 5.82. The zero-order chi connectivity index (χ0) is 15.8. The van der Waals surface area contributed by atoms with Gasteiger partial charge in [-0.15, -0.1) is 5.10 Å². The lowest BCUT2D eigenvalue weighted by molar-refractivity contribution is -0.0605. The smallest absolute Gasteiger partial charge is 0.253 e. The average molecular weight is 309 g/mol. The lowest BCUT2D eigenvalue weighted by atomic mass is 9.99. The van der Waals surface area contributed by atoms with Crippen molar-refractivity contribution in [1.82, 2.24) is 19.9 Å². The molecule has 116 valence electrons. The minimum absolute atomic E-state index is 0.0114. The molecule has 0 N–H and O–H groups in total. The summed E-state index contributed by atoms with van der Waals surface area (Å²) in [6.07, 6.45) is 2.57. The van der Waals surface area contributed by atoms with Crippen LogP contribution < -0.4 is 0 Å². The maximum absolute atomic E-state index is 12.7. The van der Waals surface area contributed by atoms with E-state index >= 15 is 0 Å². The number of aromatic nitrogens is 3. The standard InChI is InChI=1S/C16H15N5O2/c17-7-11-1-3-12(4-2-11)16(22)20-6-5-15-14(9-20)21-13(10-23-15)8-18-19-21/h1-4,8,14-15H,5-6,9-10H2/t14-,15-/m0/s1. The molecule has 0 radical (unpaired) electrons. The molecule has 0 spiro atoms. The molecular weight excluding hydrogens is 294 g/mol. The fourth-order valence-corrected chi connectivity index (χ4v) is 3.23. The third kappa shape index (κ3) is 2.37. The number of rotatable bonds is 1. The Morgan fingerprint density at radius 1 is 1.35 bits per heavy atom. The Labute approximate surface area is 133 Å². The number of amides is 1. The predicted octanol–water partition coefficient (Wildman–Crippen LogP) is 1.14. The maximum Gasteiger partial charge on any atom is 0.253 e. The number of piperidine rings is 1. The van der Waals surface area contributed by atoms with Crippen molar-refractivity contribution in [2.45, 2.75) is 25.2 Å². The van der Waals surface area contributed by atoms with E-state index in [1.807, 2.05) is 9.58 Å². The highest BCUT2D eigenvalue weighted by Crippen LogP contribution is 2.30. The van der Waals surface area contributed by atoms with Gasteiger partial charge in [0.15, 0.2) is 0 Å². The van der Waals surface area contributed by atoms with Crippen LogP contribution in [0.4, 0.5) is 0 Å². The number of ether oxygens (including phenoxy) is 1. The van der Waals surface area contributed by atoms with E-state index < -0.39 is 0 Å². The minimum Gasteiger partial charge on any atom is -0.370 e. The van der Waals surface area contributed by atoms with Gasteiger partial charge in [-0.05, 0) is 30.7 Å². The van der Waals surface area contributed by atoms with E-state index in [2.05, 4.69) is 16.4 Å². The summed E-state index contributed by atoms with van der Waals surface area (Å²) in [7, 11) is 0. The van der Waals surface area contributed by atoms with E-state index in [0.717, 1.165) is 12.1 Å². The summed E-state index contributed by atoms with van der Waals surface area (Å²) in [4.78, 5) is 14.5. The quantitative estimate of drug-likeness (QED) is 0.788. The Hall–Kier alpha value is -2.72. The molecule has 0 bridgehead atoms. The molecule has 1 amide bonds. The summed E-state index contributed by atoms with van der Waals surface area (Å²) in [6, 6.07) is 8.80. The van der Waals surface area contributed by atoms with Crippen LogP contribution in [0.25, 0.3) is 0 Å². The van der Waals surface area contributed by atoms with Gasteiger partial charge in [0.1, 0.15) is 0 Å². The number of fused-ring (bicyclic) bond motifs is 3. The molecule has 2 aliphatic rings. The van der Waals surface area contributed by atoms with Crippen LogP contribution in [0.5, 0.6) is 0 Å². The molecule has 23 heavy (non-hydrogen) atoms. The monoisotopic (exact) mass is 309 g/mol. The second kappa shape index (κ2) is 5.48. The van der Waals surface area contributed by atoms with Crippen LogP contribution >= 0.6 is 0 Å². The minimum atomic E-state index is -0.0276. The van der Waals surface area contributed by atoms with Crippen molar-refractivity contribution >= 4 is 5.91 Å². The fraction of sp³-hybridized carbons (Fsp3) is 0.375. The summed E-state index contributed by atoms with van der Waals surface area (Å²) >= 11 is 0. The highest BCUT2D eigenvalue weighted by atomic mass is 16.5. The van der Waals surface area contributed by atoms with Gasteiger partial charge in [-0.3, -0.25) is 4.79 Å². The van der Waals surface area contributed by atoms with Crippen LogP contribution in [0.1, 0.15) is 34.1 Å². The van der Waals surface area contributed by atoms with E-state index in [4.69, 9.17) is 10.00 Å². The Morgan fingerprint density at radius 3 is 2.96 bits per heavy atom. The van der Waals surface area contributed by atoms with Crippen molar-refractivity contribution in [3.8, 4) is 6.07 Å². The lowest BCUT2D eigenvalue weighted by Gasteiger charge is -2.41. The van der Waals surface area contributed by atoms with Gasteiger partial charge in [0.25, 0.3) is 5.91 Å². The molecule has 0 unspecified atom stereocenters.